The van der Waals surface area contributed by atoms with Crippen LogP contribution in [0.1, 0.15) is 35.4 Å². The van der Waals surface area contributed by atoms with Gasteiger partial charge in [0.05, 0.1) is 17.4 Å². The van der Waals surface area contributed by atoms with Crippen molar-refractivity contribution < 1.29 is 9.90 Å². The van der Waals surface area contributed by atoms with Crippen molar-refractivity contribution >= 4 is 11.4 Å². The standard InChI is InChI=1S/C19H22N4O2/c24-9-1-2-16-3-4-17-11-20-18(13-23(16)17)19(25)21-15-10-14-5-7-22(12-15)8-6-14/h3-4,11,13-15,24H,5-10,12H2,(H,21,25)/t15-/m1/s1. The lowest BCUT2D eigenvalue weighted by molar-refractivity contribution is 0.0923. The molecule has 0 unspecified atom stereocenters. The Hall–Kier alpha value is -2.36. The average Bonchev–Trinajstić information content (AvgIpc) is 2.80. The molecule has 2 aromatic heterocycles. The Kier molecular flexibility index (Phi) is 4.43. The van der Waals surface area contributed by atoms with Gasteiger partial charge in [0.2, 0.25) is 0 Å². The zero-order valence-corrected chi connectivity index (χ0v) is 14.1. The van der Waals surface area contributed by atoms with Crippen LogP contribution in [0.15, 0.2) is 24.5 Å². The third kappa shape index (κ3) is 3.39. The quantitative estimate of drug-likeness (QED) is 0.798. The molecule has 0 radical (unpaired) electrons. The maximum Gasteiger partial charge on any atom is 0.271 e. The van der Waals surface area contributed by atoms with E-state index in [0.717, 1.165) is 43.2 Å². The van der Waals surface area contributed by atoms with E-state index in [1.54, 1.807) is 12.4 Å². The van der Waals surface area contributed by atoms with Crippen LogP contribution in [0.25, 0.3) is 5.52 Å². The summed E-state index contributed by atoms with van der Waals surface area (Å²) in [5.74, 6) is 6.12. The fourth-order valence-corrected chi connectivity index (χ4v) is 3.91. The van der Waals surface area contributed by atoms with Gasteiger partial charge >= 0.3 is 0 Å². The summed E-state index contributed by atoms with van der Waals surface area (Å²) in [5.41, 5.74) is 2.00. The predicted octanol–water partition coefficient (Wildman–Crippen LogP) is 0.892. The summed E-state index contributed by atoms with van der Waals surface area (Å²) >= 11 is 0. The Bertz CT molecular complexity index is 826. The number of amides is 1. The van der Waals surface area contributed by atoms with Crippen LogP contribution in [-0.4, -0.2) is 57.6 Å². The van der Waals surface area contributed by atoms with E-state index in [1.165, 1.54) is 12.8 Å². The van der Waals surface area contributed by atoms with E-state index in [9.17, 15) is 4.79 Å². The molecule has 2 bridgehead atoms. The minimum atomic E-state index is -0.189. The van der Waals surface area contributed by atoms with E-state index in [2.05, 4.69) is 27.0 Å². The van der Waals surface area contributed by atoms with Crippen LogP contribution in [0.5, 0.6) is 0 Å². The molecule has 130 valence electrons. The van der Waals surface area contributed by atoms with Crippen LogP contribution in [0.3, 0.4) is 0 Å². The summed E-state index contributed by atoms with van der Waals surface area (Å²) in [4.78, 5) is 19.4. The molecule has 6 nitrogen and oxygen atoms in total. The van der Waals surface area contributed by atoms with Gasteiger partial charge in [-0.15, -0.1) is 0 Å². The topological polar surface area (TPSA) is 69.9 Å². The molecule has 0 aromatic carbocycles. The smallest absolute Gasteiger partial charge is 0.271 e. The Morgan fingerprint density at radius 2 is 2.20 bits per heavy atom. The van der Waals surface area contributed by atoms with Crippen LogP contribution in [0.4, 0.5) is 0 Å². The molecule has 3 aliphatic rings. The Morgan fingerprint density at radius 1 is 1.36 bits per heavy atom. The normalized spacial score (nSPS) is 25.2. The molecule has 6 heteroatoms. The first-order valence-electron chi connectivity index (χ1n) is 8.83. The van der Waals surface area contributed by atoms with Crippen LogP contribution in [-0.2, 0) is 0 Å². The largest absolute Gasteiger partial charge is 0.384 e. The average molecular weight is 338 g/mol. The van der Waals surface area contributed by atoms with Gasteiger partial charge in [-0.2, -0.15) is 0 Å². The first-order valence-corrected chi connectivity index (χ1v) is 8.83. The minimum Gasteiger partial charge on any atom is -0.384 e. The maximum absolute atomic E-state index is 12.7. The second-order valence-electron chi connectivity index (χ2n) is 6.90. The van der Waals surface area contributed by atoms with Crippen molar-refractivity contribution in [3.63, 3.8) is 0 Å². The van der Waals surface area contributed by atoms with E-state index < -0.39 is 0 Å². The Morgan fingerprint density at radius 3 is 3.00 bits per heavy atom. The zero-order valence-electron chi connectivity index (χ0n) is 14.1. The highest BCUT2D eigenvalue weighted by molar-refractivity contribution is 5.92. The van der Waals surface area contributed by atoms with E-state index in [-0.39, 0.29) is 18.6 Å². The lowest BCUT2D eigenvalue weighted by Crippen LogP contribution is -2.42. The molecule has 0 aliphatic carbocycles. The molecule has 3 saturated heterocycles. The van der Waals surface area contributed by atoms with E-state index >= 15 is 0 Å². The van der Waals surface area contributed by atoms with Gasteiger partial charge in [0.25, 0.3) is 5.91 Å². The molecule has 0 spiro atoms. The molecule has 2 aromatic rings. The van der Waals surface area contributed by atoms with Crippen LogP contribution >= 0.6 is 0 Å². The highest BCUT2D eigenvalue weighted by Gasteiger charge is 2.30. The van der Waals surface area contributed by atoms with Gasteiger partial charge in [0.1, 0.15) is 12.3 Å². The number of aliphatic hydroxyl groups excluding tert-OH is 1. The summed E-state index contributed by atoms with van der Waals surface area (Å²) in [6.07, 6.45) is 6.94. The van der Waals surface area contributed by atoms with Gasteiger partial charge in [0.15, 0.2) is 0 Å². The second kappa shape index (κ2) is 6.87. The fourth-order valence-electron chi connectivity index (χ4n) is 3.91. The van der Waals surface area contributed by atoms with Crippen LogP contribution < -0.4 is 5.32 Å². The van der Waals surface area contributed by atoms with Crippen molar-refractivity contribution in [1.82, 2.24) is 19.6 Å². The minimum absolute atomic E-state index is 0.135. The summed E-state index contributed by atoms with van der Waals surface area (Å²) in [6.45, 7) is 3.04. The molecule has 2 N–H and O–H groups in total. The number of aromatic nitrogens is 2. The molecule has 5 heterocycles. The number of hydrogen-bond donors (Lipinski definition) is 2. The third-order valence-electron chi connectivity index (χ3n) is 5.20. The van der Waals surface area contributed by atoms with Gasteiger partial charge in [-0.1, -0.05) is 5.92 Å². The van der Waals surface area contributed by atoms with Crippen LogP contribution in [0.2, 0.25) is 0 Å². The number of hydrogen-bond acceptors (Lipinski definition) is 4. The first kappa shape index (κ1) is 16.1. The first-order chi connectivity index (χ1) is 12.2. The fraction of sp³-hybridized carbons (Fsp3) is 0.474. The number of aliphatic hydroxyl groups is 1. The SMILES string of the molecule is O=C(N[C@@H]1CC2CCN(CC2)C1)c1cn2c(C#CCO)ccc2cn1. The lowest BCUT2D eigenvalue weighted by atomic mass is 9.94. The van der Waals surface area contributed by atoms with Gasteiger partial charge in [-0.05, 0) is 56.3 Å². The lowest BCUT2D eigenvalue weighted by Gasteiger charge is -2.26. The number of carbonyl (C=O) groups excluding carboxylic acids is 1. The van der Waals surface area contributed by atoms with Gasteiger partial charge < -0.3 is 19.7 Å². The predicted molar refractivity (Wildman–Crippen MR) is 94.2 cm³/mol. The van der Waals surface area contributed by atoms with Crippen molar-refractivity contribution in [2.75, 3.05) is 26.2 Å². The number of piperidine rings is 1. The molecule has 1 atom stereocenters. The van der Waals surface area contributed by atoms with E-state index in [0.29, 0.717) is 5.69 Å². The number of fused-ring (bicyclic) bond motifs is 5. The summed E-state index contributed by atoms with van der Waals surface area (Å²) in [7, 11) is 0. The highest BCUT2D eigenvalue weighted by Crippen LogP contribution is 2.26. The van der Waals surface area contributed by atoms with Crippen molar-refractivity contribution in [3.8, 4) is 11.8 Å². The van der Waals surface area contributed by atoms with Crippen molar-refractivity contribution in [2.45, 2.75) is 25.3 Å². The van der Waals surface area contributed by atoms with Gasteiger partial charge in [-0.3, -0.25) is 4.79 Å². The molecule has 3 fully saturated rings. The second-order valence-corrected chi connectivity index (χ2v) is 6.90. The molecular formula is C19H22N4O2. The van der Waals surface area contributed by atoms with Crippen molar-refractivity contribution in [1.29, 1.82) is 0 Å². The number of nitrogens with zero attached hydrogens (tertiary/aromatic N) is 3. The van der Waals surface area contributed by atoms with Gasteiger partial charge in [0, 0.05) is 18.8 Å². The Labute approximate surface area is 146 Å². The summed E-state index contributed by atoms with van der Waals surface area (Å²) < 4.78 is 1.84. The van der Waals surface area contributed by atoms with E-state index in [4.69, 9.17) is 5.11 Å². The monoisotopic (exact) mass is 338 g/mol. The molecule has 3 aliphatic heterocycles. The van der Waals surface area contributed by atoms with Crippen molar-refractivity contribution in [2.24, 2.45) is 5.92 Å². The molecule has 5 rings (SSSR count). The molecule has 1 amide bonds. The number of carbonyl (C=O) groups is 1. The number of rotatable bonds is 2. The Balaban J connectivity index is 1.53. The molecular weight excluding hydrogens is 316 g/mol. The van der Waals surface area contributed by atoms with Gasteiger partial charge in [-0.25, -0.2) is 4.98 Å². The summed E-state index contributed by atoms with van der Waals surface area (Å²) in [5, 5.41) is 12.0. The molecule has 0 saturated carbocycles. The van der Waals surface area contributed by atoms with E-state index in [1.807, 2.05) is 16.5 Å². The maximum atomic E-state index is 12.7. The third-order valence-corrected chi connectivity index (χ3v) is 5.20. The highest BCUT2D eigenvalue weighted by atomic mass is 16.2. The zero-order chi connectivity index (χ0) is 17.2. The van der Waals surface area contributed by atoms with Crippen molar-refractivity contribution in [3.05, 3.63) is 35.9 Å². The summed E-state index contributed by atoms with van der Waals surface area (Å²) in [6, 6.07) is 3.95. The van der Waals surface area contributed by atoms with Crippen LogP contribution in [0, 0.1) is 17.8 Å². The molecule has 25 heavy (non-hydrogen) atoms. The number of nitrogens with one attached hydrogen (secondary N) is 1.